The summed E-state index contributed by atoms with van der Waals surface area (Å²) in [6, 6.07) is 8.42. The van der Waals surface area contributed by atoms with Crippen molar-refractivity contribution in [3.05, 3.63) is 64.4 Å². The van der Waals surface area contributed by atoms with Crippen LogP contribution in [0.3, 0.4) is 0 Å². The minimum Gasteiger partial charge on any atom is -0.378 e. The zero-order chi connectivity index (χ0) is 43.5. The van der Waals surface area contributed by atoms with Crippen molar-refractivity contribution in [3.8, 4) is 11.1 Å². The lowest BCUT2D eigenvalue weighted by Crippen LogP contribution is -2.47. The molecule has 1 saturated heterocycles. The molecule has 0 unspecified atom stereocenters. The summed E-state index contributed by atoms with van der Waals surface area (Å²) in [6.07, 6.45) is 5.21. The Morgan fingerprint density at radius 1 is 0.918 bits per heavy atom. The van der Waals surface area contributed by atoms with Crippen molar-refractivity contribution in [2.24, 2.45) is 11.1 Å². The Labute approximate surface area is 361 Å². The van der Waals surface area contributed by atoms with Crippen LogP contribution in [0.15, 0.2) is 47.3 Å². The first-order chi connectivity index (χ1) is 29.4. The van der Waals surface area contributed by atoms with Crippen LogP contribution in [0.2, 0.25) is 0 Å². The first-order valence-corrected chi connectivity index (χ1v) is 21.0. The number of nitrogens with zero attached hydrogens (tertiary/aromatic N) is 6. The van der Waals surface area contributed by atoms with Gasteiger partial charge in [-0.2, -0.15) is 5.10 Å². The van der Waals surface area contributed by atoms with E-state index in [9.17, 15) is 24.0 Å². The van der Waals surface area contributed by atoms with Crippen LogP contribution in [0.4, 0.5) is 5.82 Å². The number of ketones is 2. The highest BCUT2D eigenvalue weighted by Gasteiger charge is 2.64. The molecule has 3 aromatic heterocycles. The molecule has 0 radical (unpaired) electrons. The Morgan fingerprint density at radius 3 is 2.38 bits per heavy atom. The fourth-order valence-electron chi connectivity index (χ4n) is 7.28. The number of carbonyl (C=O) groups is 5. The van der Waals surface area contributed by atoms with Crippen LogP contribution in [0.25, 0.3) is 22.0 Å². The summed E-state index contributed by atoms with van der Waals surface area (Å²) in [5.41, 5.74) is 8.28. The van der Waals surface area contributed by atoms with E-state index in [4.69, 9.17) is 24.7 Å². The number of anilines is 1. The number of hydrogen-bond acceptors (Lipinski definition) is 14. The van der Waals surface area contributed by atoms with E-state index in [1.165, 1.54) is 11.6 Å². The minimum absolute atomic E-state index is 0.0576. The Kier molecular flexibility index (Phi) is 15.8. The lowest BCUT2D eigenvalue weighted by atomic mass is 10.0. The lowest BCUT2D eigenvalue weighted by molar-refractivity contribution is -0.138. The van der Waals surface area contributed by atoms with Crippen molar-refractivity contribution in [1.82, 2.24) is 34.9 Å². The largest absolute Gasteiger partial charge is 0.378 e. The maximum atomic E-state index is 14.0. The standard InChI is InChI=1S/C42H52BrN9O9/c1-26-4-8-35(43)48-40(26)49-41(57)33-19-42(3)20-34(42)52(33)38(56)23-51-32-7-5-28(18-31(32)39(50-51)27(2)53)29-21-46-36(47-22-29)9-6-30(54)24-60-16-15-59-13-11-45-37(55)25-61-17-14-58-12-10-44/h4-5,7-8,18,21-22,33-34H,6,9-17,19-20,23-25,44H2,1-3H3,(H,45,55)(H,48,49,57)/t33-,34+,42-/m0/s1. The van der Waals surface area contributed by atoms with Crippen molar-refractivity contribution in [1.29, 1.82) is 0 Å². The minimum atomic E-state index is -0.665. The Hall–Kier alpha value is -5.05. The number of aromatic nitrogens is 5. The van der Waals surface area contributed by atoms with Crippen LogP contribution in [0, 0.1) is 12.3 Å². The number of nitrogens with one attached hydrogen (secondary N) is 2. The lowest BCUT2D eigenvalue weighted by Gasteiger charge is -2.27. The van der Waals surface area contributed by atoms with Gasteiger partial charge >= 0.3 is 0 Å². The van der Waals surface area contributed by atoms with E-state index in [0.29, 0.717) is 85.1 Å². The third-order valence-corrected chi connectivity index (χ3v) is 11.1. The number of likely N-dealkylation sites (tertiary alicyclic amines) is 1. The average molecular weight is 907 g/mol. The molecule has 326 valence electrons. The number of aryl methyl sites for hydroxylation is 2. The molecular formula is C42H52BrN9O9. The molecule has 0 spiro atoms. The van der Waals surface area contributed by atoms with Gasteiger partial charge in [0.25, 0.3) is 0 Å². The molecule has 18 nitrogen and oxygen atoms in total. The number of Topliss-reactive ketones (excluding diaryl/α,β-unsaturated/α-hetero) is 2. The molecule has 1 aromatic carbocycles. The van der Waals surface area contributed by atoms with Crippen molar-refractivity contribution in [2.75, 3.05) is 71.3 Å². The highest BCUT2D eigenvalue weighted by Crippen LogP contribution is 2.59. The molecular weight excluding hydrogens is 854 g/mol. The van der Waals surface area contributed by atoms with Crippen LogP contribution in [-0.2, 0) is 51.1 Å². The number of nitrogens with two attached hydrogens (primary N) is 1. The molecule has 2 aliphatic rings. The zero-order valence-electron chi connectivity index (χ0n) is 34.6. The Morgan fingerprint density at radius 2 is 1.64 bits per heavy atom. The van der Waals surface area contributed by atoms with Gasteiger partial charge in [-0.25, -0.2) is 15.0 Å². The van der Waals surface area contributed by atoms with Gasteiger partial charge in [-0.1, -0.05) is 19.1 Å². The number of piperidine rings is 1. The van der Waals surface area contributed by atoms with Gasteiger partial charge in [0.2, 0.25) is 17.7 Å². The smallest absolute Gasteiger partial charge is 0.248 e. The fourth-order valence-corrected chi connectivity index (χ4v) is 7.59. The van der Waals surface area contributed by atoms with Crippen molar-refractivity contribution in [2.45, 2.75) is 65.1 Å². The summed E-state index contributed by atoms with van der Waals surface area (Å²) in [4.78, 5) is 79.5. The van der Waals surface area contributed by atoms with Gasteiger partial charge in [0.1, 0.15) is 47.7 Å². The van der Waals surface area contributed by atoms with Crippen LogP contribution in [-0.4, -0.2) is 137 Å². The highest BCUT2D eigenvalue weighted by molar-refractivity contribution is 9.10. The van der Waals surface area contributed by atoms with Gasteiger partial charge in [-0.3, -0.25) is 28.7 Å². The normalized spacial score (nSPS) is 18.0. The van der Waals surface area contributed by atoms with Gasteiger partial charge in [0.15, 0.2) is 11.6 Å². The van der Waals surface area contributed by atoms with Crippen LogP contribution in [0.5, 0.6) is 0 Å². The number of halogens is 1. The SMILES string of the molecule is CC(=O)c1nn(CC(=O)N2[C@H](C(=O)Nc3nc(Br)ccc3C)C[C@@]3(C)C[C@@H]23)c2ccc(-c3cnc(CCC(=O)COCCOCCNC(=O)COCCOCCN)nc3)cc12. The van der Waals surface area contributed by atoms with Crippen molar-refractivity contribution in [3.63, 3.8) is 0 Å². The average Bonchev–Trinajstić information content (AvgIpc) is 3.60. The molecule has 1 aliphatic heterocycles. The second-order valence-corrected chi connectivity index (χ2v) is 16.2. The van der Waals surface area contributed by atoms with E-state index in [1.807, 2.05) is 31.2 Å². The van der Waals surface area contributed by atoms with E-state index < -0.39 is 6.04 Å². The maximum absolute atomic E-state index is 14.0. The van der Waals surface area contributed by atoms with Crippen molar-refractivity contribution < 1.29 is 42.9 Å². The van der Waals surface area contributed by atoms with Crippen LogP contribution in [0.1, 0.15) is 55.0 Å². The predicted octanol–water partition coefficient (Wildman–Crippen LogP) is 2.82. The summed E-state index contributed by atoms with van der Waals surface area (Å²) in [6.45, 7) is 7.78. The Bertz CT molecular complexity index is 2220. The first kappa shape index (κ1) is 45.5. The second kappa shape index (κ2) is 21.2. The van der Waals surface area contributed by atoms with E-state index in [-0.39, 0.29) is 85.8 Å². The Balaban J connectivity index is 0.959. The molecule has 4 N–H and O–H groups in total. The maximum Gasteiger partial charge on any atom is 0.248 e. The third kappa shape index (κ3) is 12.1. The molecule has 19 heteroatoms. The topological polar surface area (TPSA) is 232 Å². The molecule has 6 rings (SSSR count). The number of pyridine rings is 1. The first-order valence-electron chi connectivity index (χ1n) is 20.2. The van der Waals surface area contributed by atoms with Crippen molar-refractivity contribution >= 4 is 61.9 Å². The number of hydrogen-bond donors (Lipinski definition) is 3. The van der Waals surface area contributed by atoms with Crippen LogP contribution < -0.4 is 16.4 Å². The molecule has 1 aliphatic carbocycles. The third-order valence-electron chi connectivity index (χ3n) is 10.6. The van der Waals surface area contributed by atoms with Gasteiger partial charge in [0.05, 0.1) is 45.2 Å². The van der Waals surface area contributed by atoms with Gasteiger partial charge < -0.3 is 40.2 Å². The summed E-state index contributed by atoms with van der Waals surface area (Å²) in [5.74, 6) is -0.220. The van der Waals surface area contributed by atoms with E-state index in [1.54, 1.807) is 23.4 Å². The number of rotatable bonds is 24. The molecule has 4 aromatic rings. The molecule has 0 bridgehead atoms. The van der Waals surface area contributed by atoms with Gasteiger partial charge in [-0.05, 0) is 70.4 Å². The number of carbonyl (C=O) groups excluding carboxylic acids is 5. The second-order valence-electron chi connectivity index (χ2n) is 15.4. The summed E-state index contributed by atoms with van der Waals surface area (Å²) >= 11 is 3.36. The number of amides is 3. The van der Waals surface area contributed by atoms with E-state index in [0.717, 1.165) is 17.5 Å². The molecule has 2 fully saturated rings. The predicted molar refractivity (Wildman–Crippen MR) is 226 cm³/mol. The summed E-state index contributed by atoms with van der Waals surface area (Å²) in [7, 11) is 0. The summed E-state index contributed by atoms with van der Waals surface area (Å²) in [5, 5.41) is 10.8. The molecule has 3 amide bonds. The molecule has 1 saturated carbocycles. The van der Waals surface area contributed by atoms with Gasteiger partial charge in [-0.15, -0.1) is 0 Å². The fraction of sp³-hybridized carbons (Fsp3) is 0.500. The number of benzene rings is 1. The zero-order valence-corrected chi connectivity index (χ0v) is 36.2. The number of fused-ring (bicyclic) bond motifs is 2. The monoisotopic (exact) mass is 905 g/mol. The van der Waals surface area contributed by atoms with Gasteiger partial charge in [0, 0.05) is 62.2 Å². The van der Waals surface area contributed by atoms with E-state index >= 15 is 0 Å². The van der Waals surface area contributed by atoms with Crippen LogP contribution >= 0.6 is 15.9 Å². The highest BCUT2D eigenvalue weighted by atomic mass is 79.9. The summed E-state index contributed by atoms with van der Waals surface area (Å²) < 4.78 is 23.4. The quantitative estimate of drug-likeness (QED) is 0.0522. The number of ether oxygens (including phenoxy) is 4. The molecule has 61 heavy (non-hydrogen) atoms. The van der Waals surface area contributed by atoms with E-state index in [2.05, 4.69) is 53.5 Å². The molecule has 3 atom stereocenters. The molecule has 4 heterocycles.